The van der Waals surface area contributed by atoms with Crippen LogP contribution in [0.5, 0.6) is 0 Å². The molecule has 0 fully saturated rings. The number of halogens is 2. The Labute approximate surface area is 133 Å². The van der Waals surface area contributed by atoms with E-state index in [1.54, 1.807) is 30.3 Å². The minimum absolute atomic E-state index is 0.234. The minimum atomic E-state index is -0.234. The van der Waals surface area contributed by atoms with E-state index in [1.807, 2.05) is 13.0 Å². The maximum Gasteiger partial charge on any atom is 0.256 e. The number of anilines is 1. The Hall–Kier alpha value is -1.64. The van der Waals surface area contributed by atoms with E-state index in [9.17, 15) is 4.79 Å². The van der Waals surface area contributed by atoms with Gasteiger partial charge in [0.25, 0.3) is 5.91 Å². The lowest BCUT2D eigenvalue weighted by molar-refractivity contribution is 0.102. The fourth-order valence-corrected chi connectivity index (χ4v) is 2.49. The fourth-order valence-electron chi connectivity index (χ4n) is 1.76. The summed E-state index contributed by atoms with van der Waals surface area (Å²) in [5, 5.41) is 11.9. The lowest BCUT2D eigenvalue weighted by Crippen LogP contribution is -2.14. The van der Waals surface area contributed by atoms with Gasteiger partial charge in [0.15, 0.2) is 0 Å². The molecule has 0 aliphatic rings. The van der Waals surface area contributed by atoms with Crippen LogP contribution in [-0.4, -0.2) is 5.91 Å². The molecule has 100 valence electrons. The number of amides is 1. The summed E-state index contributed by atoms with van der Waals surface area (Å²) in [4.78, 5) is 12.3. The van der Waals surface area contributed by atoms with Gasteiger partial charge in [0.1, 0.15) is 6.07 Å². The third kappa shape index (κ3) is 3.09. The Kier molecular flexibility index (Phi) is 4.58. The Morgan fingerprint density at radius 1 is 1.25 bits per heavy atom. The van der Waals surface area contributed by atoms with Gasteiger partial charge in [-0.15, -0.1) is 0 Å². The predicted octanol–water partition coefficient (Wildman–Crippen LogP) is 4.64. The fraction of sp³-hybridized carbons (Fsp3) is 0.0667. The quantitative estimate of drug-likeness (QED) is 0.807. The van der Waals surface area contributed by atoms with E-state index in [-0.39, 0.29) is 5.91 Å². The molecule has 20 heavy (non-hydrogen) atoms. The van der Waals surface area contributed by atoms with E-state index >= 15 is 0 Å². The van der Waals surface area contributed by atoms with Gasteiger partial charge in [-0.05, 0) is 42.8 Å². The zero-order valence-corrected chi connectivity index (χ0v) is 13.7. The van der Waals surface area contributed by atoms with Gasteiger partial charge < -0.3 is 5.32 Å². The molecule has 0 heterocycles. The summed E-state index contributed by atoms with van der Waals surface area (Å²) in [7, 11) is 0. The smallest absolute Gasteiger partial charge is 0.256 e. The van der Waals surface area contributed by atoms with E-state index in [2.05, 4.69) is 43.2 Å². The normalized spacial score (nSPS) is 9.90. The number of carbonyl (C=O) groups excluding carboxylic acids is 1. The lowest BCUT2D eigenvalue weighted by Gasteiger charge is -2.10. The van der Waals surface area contributed by atoms with Crippen LogP contribution in [0, 0.1) is 18.3 Å². The van der Waals surface area contributed by atoms with Crippen molar-refractivity contribution in [2.75, 3.05) is 5.32 Å². The van der Waals surface area contributed by atoms with Crippen molar-refractivity contribution >= 4 is 43.5 Å². The van der Waals surface area contributed by atoms with Crippen LogP contribution < -0.4 is 5.32 Å². The standard InChI is InChI=1S/C15H10Br2N2O/c1-9-12(3-2-4-13(9)17)15(20)19-14-6-5-11(16)7-10(14)8-18/h2-7H,1H3,(H,19,20). The Bertz CT molecular complexity index is 720. The highest BCUT2D eigenvalue weighted by molar-refractivity contribution is 9.10. The molecule has 5 heteroatoms. The third-order valence-electron chi connectivity index (χ3n) is 2.86. The van der Waals surface area contributed by atoms with Crippen molar-refractivity contribution in [3.05, 3.63) is 62.0 Å². The monoisotopic (exact) mass is 392 g/mol. The molecule has 0 saturated carbocycles. The molecule has 0 aliphatic carbocycles. The number of hydrogen-bond acceptors (Lipinski definition) is 2. The summed E-state index contributed by atoms with van der Waals surface area (Å²) in [6.07, 6.45) is 0. The number of nitrogens with zero attached hydrogens (tertiary/aromatic N) is 1. The summed E-state index contributed by atoms with van der Waals surface area (Å²) in [5.41, 5.74) is 2.35. The first-order valence-corrected chi connectivity index (χ1v) is 7.37. The molecule has 0 radical (unpaired) electrons. The van der Waals surface area contributed by atoms with Crippen molar-refractivity contribution in [2.45, 2.75) is 6.92 Å². The number of carbonyl (C=O) groups is 1. The topological polar surface area (TPSA) is 52.9 Å². The molecule has 2 aromatic carbocycles. The second-order valence-corrected chi connectivity index (χ2v) is 5.94. The number of hydrogen-bond donors (Lipinski definition) is 1. The molecular weight excluding hydrogens is 384 g/mol. The number of nitrogens with one attached hydrogen (secondary N) is 1. The third-order valence-corrected chi connectivity index (χ3v) is 4.21. The van der Waals surface area contributed by atoms with Crippen molar-refractivity contribution in [1.82, 2.24) is 0 Å². The zero-order chi connectivity index (χ0) is 14.7. The van der Waals surface area contributed by atoms with E-state index < -0.39 is 0 Å². The highest BCUT2D eigenvalue weighted by atomic mass is 79.9. The molecule has 0 bridgehead atoms. The average Bonchev–Trinajstić information content (AvgIpc) is 2.43. The summed E-state index contributed by atoms with van der Waals surface area (Å²) in [6, 6.07) is 12.7. The van der Waals surface area contributed by atoms with Gasteiger partial charge in [0.2, 0.25) is 0 Å². The van der Waals surface area contributed by atoms with Gasteiger partial charge in [0.05, 0.1) is 11.3 Å². The first-order valence-electron chi connectivity index (χ1n) is 5.79. The van der Waals surface area contributed by atoms with Crippen molar-refractivity contribution in [3.8, 4) is 6.07 Å². The van der Waals surface area contributed by atoms with Crippen molar-refractivity contribution in [2.24, 2.45) is 0 Å². The predicted molar refractivity (Wildman–Crippen MR) is 85.7 cm³/mol. The van der Waals surface area contributed by atoms with Gasteiger partial charge in [-0.25, -0.2) is 0 Å². The summed E-state index contributed by atoms with van der Waals surface area (Å²) in [5.74, 6) is -0.234. The molecular formula is C15H10Br2N2O. The molecule has 3 nitrogen and oxygen atoms in total. The first kappa shape index (κ1) is 14.8. The van der Waals surface area contributed by atoms with Crippen LogP contribution >= 0.6 is 31.9 Å². The molecule has 0 aliphatic heterocycles. The highest BCUT2D eigenvalue weighted by Gasteiger charge is 2.13. The van der Waals surface area contributed by atoms with Crippen molar-refractivity contribution < 1.29 is 4.79 Å². The van der Waals surface area contributed by atoms with Crippen LogP contribution in [0.25, 0.3) is 0 Å². The molecule has 1 amide bonds. The molecule has 0 spiro atoms. The van der Waals surface area contributed by atoms with E-state index in [0.717, 1.165) is 14.5 Å². The van der Waals surface area contributed by atoms with Gasteiger partial charge >= 0.3 is 0 Å². The largest absolute Gasteiger partial charge is 0.321 e. The zero-order valence-electron chi connectivity index (χ0n) is 10.6. The van der Waals surface area contributed by atoms with Crippen molar-refractivity contribution in [3.63, 3.8) is 0 Å². The van der Waals surface area contributed by atoms with Gasteiger partial charge in [-0.2, -0.15) is 5.26 Å². The Morgan fingerprint density at radius 2 is 2.00 bits per heavy atom. The lowest BCUT2D eigenvalue weighted by atomic mass is 10.1. The average molecular weight is 394 g/mol. The molecule has 0 atom stereocenters. The Morgan fingerprint density at radius 3 is 2.70 bits per heavy atom. The van der Waals surface area contributed by atoms with E-state index in [0.29, 0.717) is 16.8 Å². The van der Waals surface area contributed by atoms with Gasteiger partial charge in [-0.3, -0.25) is 4.79 Å². The molecule has 0 unspecified atom stereocenters. The summed E-state index contributed by atoms with van der Waals surface area (Å²) >= 11 is 6.70. The van der Waals surface area contributed by atoms with E-state index in [1.165, 1.54) is 0 Å². The van der Waals surface area contributed by atoms with Gasteiger partial charge in [-0.1, -0.05) is 37.9 Å². The molecule has 0 aromatic heterocycles. The second kappa shape index (κ2) is 6.21. The first-order chi connectivity index (χ1) is 9.52. The SMILES string of the molecule is Cc1c(Br)cccc1C(=O)Nc1ccc(Br)cc1C#N. The van der Waals surface area contributed by atoms with Crippen LogP contribution in [0.4, 0.5) is 5.69 Å². The van der Waals surface area contributed by atoms with Crippen LogP contribution in [0.15, 0.2) is 45.3 Å². The molecule has 0 saturated heterocycles. The molecule has 1 N–H and O–H groups in total. The van der Waals surface area contributed by atoms with Gasteiger partial charge in [0, 0.05) is 14.5 Å². The number of rotatable bonds is 2. The molecule has 2 rings (SSSR count). The van der Waals surface area contributed by atoms with E-state index in [4.69, 9.17) is 5.26 Å². The van der Waals surface area contributed by atoms with Crippen molar-refractivity contribution in [1.29, 1.82) is 5.26 Å². The minimum Gasteiger partial charge on any atom is -0.321 e. The Balaban J connectivity index is 2.33. The summed E-state index contributed by atoms with van der Waals surface area (Å²) in [6.45, 7) is 1.87. The number of nitriles is 1. The maximum atomic E-state index is 12.3. The van der Waals surface area contributed by atoms with Crippen LogP contribution in [0.2, 0.25) is 0 Å². The second-order valence-electron chi connectivity index (χ2n) is 4.17. The molecule has 2 aromatic rings. The van der Waals surface area contributed by atoms with Crippen LogP contribution in [-0.2, 0) is 0 Å². The summed E-state index contributed by atoms with van der Waals surface area (Å²) < 4.78 is 1.67. The van der Waals surface area contributed by atoms with Crippen LogP contribution in [0.3, 0.4) is 0 Å². The highest BCUT2D eigenvalue weighted by Crippen LogP contribution is 2.23. The maximum absolute atomic E-state index is 12.3. The number of benzene rings is 2. The van der Waals surface area contributed by atoms with Crippen LogP contribution in [0.1, 0.15) is 21.5 Å².